The second kappa shape index (κ2) is 4.06. The third-order valence-electron chi connectivity index (χ3n) is 1.91. The number of hydrogen-bond donors (Lipinski definition) is 2. The molecule has 0 fully saturated rings. The van der Waals surface area contributed by atoms with Crippen LogP contribution in [0.3, 0.4) is 0 Å². The largest absolute Gasteiger partial charge is 0.480 e. The minimum absolute atomic E-state index is 0.118. The van der Waals surface area contributed by atoms with E-state index in [-0.39, 0.29) is 10.0 Å². The fraction of sp³-hybridized carbons (Fsp3) is 0.222. The van der Waals surface area contributed by atoms with Gasteiger partial charge in [-0.15, -0.1) is 0 Å². The van der Waals surface area contributed by atoms with Gasteiger partial charge in [0.1, 0.15) is 11.9 Å². The van der Waals surface area contributed by atoms with Crippen molar-refractivity contribution in [1.82, 2.24) is 0 Å². The van der Waals surface area contributed by atoms with Crippen LogP contribution in [0.4, 0.5) is 4.39 Å². The van der Waals surface area contributed by atoms with Gasteiger partial charge < -0.3 is 10.8 Å². The average Bonchev–Trinajstić information content (AvgIpc) is 2.13. The summed E-state index contributed by atoms with van der Waals surface area (Å²) in [5.41, 5.74) is 6.04. The molecular weight excluding hydrogens is 253 g/mol. The first-order valence-corrected chi connectivity index (χ1v) is 4.67. The summed E-state index contributed by atoms with van der Waals surface area (Å²) in [7, 11) is 0. The van der Waals surface area contributed by atoms with Crippen LogP contribution < -0.4 is 5.73 Å². The van der Waals surface area contributed by atoms with E-state index in [2.05, 4.69) is 15.9 Å². The quantitative estimate of drug-likeness (QED) is 0.856. The maximum absolute atomic E-state index is 13.3. The van der Waals surface area contributed by atoms with Gasteiger partial charge in [0.05, 0.1) is 4.47 Å². The Labute approximate surface area is 88.9 Å². The smallest absolute Gasteiger partial charge is 0.325 e. The molecule has 0 aliphatic carbocycles. The van der Waals surface area contributed by atoms with Crippen LogP contribution in [-0.2, 0) is 4.79 Å². The van der Waals surface area contributed by atoms with E-state index in [0.29, 0.717) is 5.56 Å². The molecule has 0 bridgehead atoms. The van der Waals surface area contributed by atoms with E-state index < -0.39 is 17.8 Å². The molecule has 5 heteroatoms. The van der Waals surface area contributed by atoms with Crippen LogP contribution in [0.25, 0.3) is 0 Å². The van der Waals surface area contributed by atoms with E-state index in [1.54, 1.807) is 6.92 Å². The Morgan fingerprint density at radius 2 is 2.21 bits per heavy atom. The highest BCUT2D eigenvalue weighted by molar-refractivity contribution is 9.10. The number of aliphatic carboxylic acids is 1. The number of carboxylic acid groups (broad SMARTS) is 1. The van der Waals surface area contributed by atoms with Gasteiger partial charge in [-0.25, -0.2) is 4.39 Å². The van der Waals surface area contributed by atoms with Crippen molar-refractivity contribution in [2.75, 3.05) is 0 Å². The van der Waals surface area contributed by atoms with E-state index in [1.165, 1.54) is 12.1 Å². The first-order chi connectivity index (χ1) is 6.45. The maximum atomic E-state index is 13.3. The molecule has 3 N–H and O–H groups in total. The third kappa shape index (κ3) is 1.93. The van der Waals surface area contributed by atoms with Crippen molar-refractivity contribution >= 4 is 21.9 Å². The van der Waals surface area contributed by atoms with Gasteiger partial charge in [-0.2, -0.15) is 0 Å². The molecule has 0 spiro atoms. The first-order valence-electron chi connectivity index (χ1n) is 3.88. The Morgan fingerprint density at radius 3 is 2.71 bits per heavy atom. The van der Waals surface area contributed by atoms with Gasteiger partial charge in [0.15, 0.2) is 0 Å². The third-order valence-corrected chi connectivity index (χ3v) is 2.71. The number of hydrogen-bond acceptors (Lipinski definition) is 2. The van der Waals surface area contributed by atoms with Gasteiger partial charge in [0.25, 0.3) is 0 Å². The normalized spacial score (nSPS) is 12.6. The lowest BCUT2D eigenvalue weighted by Crippen LogP contribution is -2.21. The molecule has 0 aromatic heterocycles. The van der Waals surface area contributed by atoms with Gasteiger partial charge >= 0.3 is 5.97 Å². The standard InChI is InChI=1S/C9H9BrFNO2/c1-4-2-3-5(6(10)7(4)11)8(12)9(13)14/h2-3,8H,12H2,1H3,(H,13,14). The van der Waals surface area contributed by atoms with E-state index >= 15 is 0 Å². The number of benzene rings is 1. The molecule has 3 nitrogen and oxygen atoms in total. The van der Waals surface area contributed by atoms with Crippen LogP contribution in [0.15, 0.2) is 16.6 Å². The van der Waals surface area contributed by atoms with Crippen molar-refractivity contribution < 1.29 is 14.3 Å². The summed E-state index contributed by atoms with van der Waals surface area (Å²) in [6.07, 6.45) is 0. The highest BCUT2D eigenvalue weighted by Gasteiger charge is 2.19. The fourth-order valence-electron chi connectivity index (χ4n) is 1.03. The van der Waals surface area contributed by atoms with Crippen LogP contribution >= 0.6 is 15.9 Å². The van der Waals surface area contributed by atoms with Crippen molar-refractivity contribution in [3.05, 3.63) is 33.5 Å². The Balaban J connectivity index is 3.24. The summed E-state index contributed by atoms with van der Waals surface area (Å²) in [6.45, 7) is 1.59. The SMILES string of the molecule is Cc1ccc(C(N)C(=O)O)c(Br)c1F. The van der Waals surface area contributed by atoms with Gasteiger partial charge in [0, 0.05) is 0 Å². The Hall–Kier alpha value is -0.940. The molecule has 1 rings (SSSR count). The average molecular weight is 262 g/mol. The Morgan fingerprint density at radius 1 is 1.64 bits per heavy atom. The second-order valence-corrected chi connectivity index (χ2v) is 3.71. The van der Waals surface area contributed by atoms with Gasteiger partial charge in [-0.05, 0) is 34.0 Å². The molecule has 0 saturated carbocycles. The van der Waals surface area contributed by atoms with Gasteiger partial charge in [0.2, 0.25) is 0 Å². The Bertz CT molecular complexity index is 381. The number of carboxylic acids is 1. The zero-order valence-corrected chi connectivity index (χ0v) is 9.01. The zero-order valence-electron chi connectivity index (χ0n) is 7.42. The summed E-state index contributed by atoms with van der Waals surface area (Å²) in [6, 6.07) is 1.79. The van der Waals surface area contributed by atoms with Crippen molar-refractivity contribution in [2.24, 2.45) is 5.73 Å². The zero-order chi connectivity index (χ0) is 10.9. The highest BCUT2D eigenvalue weighted by Crippen LogP contribution is 2.27. The minimum Gasteiger partial charge on any atom is -0.480 e. The number of nitrogens with two attached hydrogens (primary N) is 1. The summed E-state index contributed by atoms with van der Waals surface area (Å²) >= 11 is 2.98. The molecule has 1 aromatic carbocycles. The lowest BCUT2D eigenvalue weighted by Gasteiger charge is -2.10. The first kappa shape index (κ1) is 11.1. The van der Waals surface area contributed by atoms with Crippen molar-refractivity contribution in [2.45, 2.75) is 13.0 Å². The number of carbonyl (C=O) groups is 1. The molecule has 0 saturated heterocycles. The highest BCUT2D eigenvalue weighted by atomic mass is 79.9. The lowest BCUT2D eigenvalue weighted by molar-refractivity contribution is -0.138. The van der Waals surface area contributed by atoms with Gasteiger partial charge in [-0.1, -0.05) is 12.1 Å². The van der Waals surface area contributed by atoms with Crippen LogP contribution in [-0.4, -0.2) is 11.1 Å². The molecule has 0 heterocycles. The second-order valence-electron chi connectivity index (χ2n) is 2.92. The summed E-state index contributed by atoms with van der Waals surface area (Å²) in [4.78, 5) is 10.6. The van der Waals surface area contributed by atoms with Gasteiger partial charge in [-0.3, -0.25) is 4.79 Å². The van der Waals surface area contributed by atoms with Crippen LogP contribution in [0.2, 0.25) is 0 Å². The van der Waals surface area contributed by atoms with Crippen LogP contribution in [0.1, 0.15) is 17.2 Å². The monoisotopic (exact) mass is 261 g/mol. The molecule has 14 heavy (non-hydrogen) atoms. The summed E-state index contributed by atoms with van der Waals surface area (Å²) in [5, 5.41) is 8.65. The summed E-state index contributed by atoms with van der Waals surface area (Å²) < 4.78 is 13.4. The van der Waals surface area contributed by atoms with E-state index in [4.69, 9.17) is 10.8 Å². The molecule has 1 unspecified atom stereocenters. The Kier molecular flexibility index (Phi) is 3.23. The molecular formula is C9H9BrFNO2. The molecule has 0 amide bonds. The van der Waals surface area contributed by atoms with Crippen LogP contribution in [0.5, 0.6) is 0 Å². The fourth-order valence-corrected chi connectivity index (χ4v) is 1.73. The van der Waals surface area contributed by atoms with Crippen molar-refractivity contribution in [1.29, 1.82) is 0 Å². The molecule has 0 aliphatic rings. The predicted octanol–water partition coefficient (Wildman–Crippen LogP) is 1.98. The van der Waals surface area contributed by atoms with E-state index in [9.17, 15) is 9.18 Å². The summed E-state index contributed by atoms with van der Waals surface area (Å²) in [5.74, 6) is -1.66. The molecule has 76 valence electrons. The number of rotatable bonds is 2. The molecule has 1 aromatic rings. The topological polar surface area (TPSA) is 63.3 Å². The minimum atomic E-state index is -1.21. The molecule has 0 aliphatic heterocycles. The van der Waals surface area contributed by atoms with Crippen LogP contribution in [0, 0.1) is 12.7 Å². The number of halogens is 2. The molecule has 0 radical (unpaired) electrons. The van der Waals surface area contributed by atoms with Crippen molar-refractivity contribution in [3.63, 3.8) is 0 Å². The lowest BCUT2D eigenvalue weighted by atomic mass is 10.1. The maximum Gasteiger partial charge on any atom is 0.325 e. The van der Waals surface area contributed by atoms with Crippen molar-refractivity contribution in [3.8, 4) is 0 Å². The number of aryl methyl sites for hydroxylation is 1. The van der Waals surface area contributed by atoms with E-state index in [1.807, 2.05) is 0 Å². The van der Waals surface area contributed by atoms with E-state index in [0.717, 1.165) is 0 Å². The predicted molar refractivity (Wildman–Crippen MR) is 53.4 cm³/mol. The molecule has 1 atom stereocenters.